The number of hydrogen-bond donors (Lipinski definition) is 2. The fourth-order valence-corrected chi connectivity index (χ4v) is 8.62. The van der Waals surface area contributed by atoms with Crippen LogP contribution in [0.25, 0.3) is 0 Å². The maximum atomic E-state index is 14.2. The quantitative estimate of drug-likeness (QED) is 0.572. The van der Waals surface area contributed by atoms with E-state index in [2.05, 4.69) is 0 Å². The SMILES string of the molecule is CO[C@]12CC[C@@](C)(O)[C@](O)(C(=O)[C@@H]3O[C@H]1[C@H]1[C@@H]4COC(C)(C)O[C@H]4[C@H]4O[C@H]4[C@]13C)C2(C)C. The summed E-state index contributed by atoms with van der Waals surface area (Å²) in [6.07, 6.45) is -1.19. The van der Waals surface area contributed by atoms with Gasteiger partial charge in [0.25, 0.3) is 0 Å². The monoisotopic (exact) mass is 452 g/mol. The molecule has 6 aliphatic rings. The van der Waals surface area contributed by atoms with Crippen LogP contribution >= 0.6 is 0 Å². The smallest absolute Gasteiger partial charge is 0.197 e. The molecule has 0 unspecified atom stereocenters. The van der Waals surface area contributed by atoms with Crippen LogP contribution in [0.4, 0.5) is 0 Å². The van der Waals surface area contributed by atoms with Crippen LogP contribution in [-0.4, -0.2) is 82.8 Å². The van der Waals surface area contributed by atoms with Crippen LogP contribution < -0.4 is 0 Å². The lowest BCUT2D eigenvalue weighted by atomic mass is 9.43. The second-order valence-electron chi connectivity index (χ2n) is 12.4. The zero-order valence-corrected chi connectivity index (χ0v) is 20.0. The van der Waals surface area contributed by atoms with Gasteiger partial charge in [-0.15, -0.1) is 0 Å². The van der Waals surface area contributed by atoms with E-state index in [1.54, 1.807) is 14.0 Å². The normalized spacial score (nSPS) is 61.3. The summed E-state index contributed by atoms with van der Waals surface area (Å²) in [5.74, 6) is -1.31. The average molecular weight is 453 g/mol. The third-order valence-electron chi connectivity index (χ3n) is 10.4. The number of carbonyl (C=O) groups is 1. The molecule has 8 heteroatoms. The minimum atomic E-state index is -2.02. The van der Waals surface area contributed by atoms with Crippen LogP contribution in [0.5, 0.6) is 0 Å². The van der Waals surface area contributed by atoms with Crippen molar-refractivity contribution < 1.29 is 38.7 Å². The summed E-state index contributed by atoms with van der Waals surface area (Å²) >= 11 is 0. The predicted octanol–water partition coefficient (Wildman–Crippen LogP) is 1.20. The first kappa shape index (κ1) is 21.9. The van der Waals surface area contributed by atoms with Gasteiger partial charge in [0.05, 0.1) is 30.5 Å². The summed E-state index contributed by atoms with van der Waals surface area (Å²) in [5, 5.41) is 23.4. The number of methoxy groups -OCH3 is 1. The van der Waals surface area contributed by atoms with Crippen molar-refractivity contribution in [3.8, 4) is 0 Å². The van der Waals surface area contributed by atoms with Crippen LogP contribution in [0.3, 0.4) is 0 Å². The number of rotatable bonds is 1. The van der Waals surface area contributed by atoms with Crippen LogP contribution in [0.1, 0.15) is 54.4 Å². The number of ether oxygens (including phenoxy) is 5. The average Bonchev–Trinajstić information content (AvgIpc) is 3.45. The Morgan fingerprint density at radius 1 is 0.969 bits per heavy atom. The molecular formula is C24H36O8. The molecule has 4 bridgehead atoms. The van der Waals surface area contributed by atoms with E-state index in [1.807, 2.05) is 34.6 Å². The third kappa shape index (κ3) is 2.05. The highest BCUT2D eigenvalue weighted by Gasteiger charge is 2.85. The maximum Gasteiger partial charge on any atom is 0.197 e. The highest BCUT2D eigenvalue weighted by Crippen LogP contribution is 2.71. The number of aliphatic hydroxyl groups is 2. The van der Waals surface area contributed by atoms with E-state index < -0.39 is 51.4 Å². The maximum absolute atomic E-state index is 14.2. The van der Waals surface area contributed by atoms with E-state index in [9.17, 15) is 15.0 Å². The topological polar surface area (TPSA) is 107 Å². The molecule has 6 rings (SSSR count). The standard InChI is InChI=1S/C24H36O8/c1-19(2)23(28-7)9-8-21(5,26)24(19,27)15(25)18-22(6)12(16(23)31-18)11-10-29-20(3,4)32-13(11)14-17(22)30-14/h11-14,16-18,26-27H,8-10H2,1-7H3/t11-,12+,13+,14+,16-,17+,18-,21+,22-,23+,24-/m0/s1. The molecule has 4 saturated heterocycles. The van der Waals surface area contributed by atoms with Crippen molar-refractivity contribution in [2.75, 3.05) is 13.7 Å². The lowest BCUT2D eigenvalue weighted by Crippen LogP contribution is -2.80. The predicted molar refractivity (Wildman–Crippen MR) is 111 cm³/mol. The summed E-state index contributed by atoms with van der Waals surface area (Å²) < 4.78 is 31.5. The van der Waals surface area contributed by atoms with Crippen molar-refractivity contribution in [2.45, 2.75) is 107 Å². The van der Waals surface area contributed by atoms with Crippen LogP contribution in [-0.2, 0) is 28.5 Å². The Bertz CT molecular complexity index is 883. The Labute approximate surface area is 188 Å². The zero-order valence-electron chi connectivity index (χ0n) is 20.0. The van der Waals surface area contributed by atoms with Crippen molar-refractivity contribution in [2.24, 2.45) is 22.7 Å². The van der Waals surface area contributed by atoms with Crippen molar-refractivity contribution >= 4 is 5.78 Å². The largest absolute Gasteiger partial charge is 0.387 e. The van der Waals surface area contributed by atoms with Gasteiger partial charge in [-0.2, -0.15) is 0 Å². The zero-order chi connectivity index (χ0) is 23.3. The van der Waals surface area contributed by atoms with Gasteiger partial charge in [-0.25, -0.2) is 0 Å². The molecule has 4 heterocycles. The Hall–Kier alpha value is -0.610. The third-order valence-corrected chi connectivity index (χ3v) is 10.4. The van der Waals surface area contributed by atoms with Crippen LogP contribution in [0.15, 0.2) is 0 Å². The molecule has 0 amide bonds. The van der Waals surface area contributed by atoms with Gasteiger partial charge in [0.15, 0.2) is 17.2 Å². The first-order valence-corrected chi connectivity index (χ1v) is 11.9. The summed E-state index contributed by atoms with van der Waals surface area (Å²) in [7, 11) is 1.62. The molecule has 0 aromatic carbocycles. The molecule has 0 aromatic heterocycles. The molecule has 8 nitrogen and oxygen atoms in total. The molecule has 0 aromatic rings. The molecular weight excluding hydrogens is 416 g/mol. The van der Waals surface area contributed by atoms with Gasteiger partial charge in [-0.3, -0.25) is 4.79 Å². The van der Waals surface area contributed by atoms with Crippen molar-refractivity contribution in [3.63, 3.8) is 0 Å². The second kappa shape index (κ2) is 5.78. The Kier molecular flexibility index (Phi) is 3.95. The lowest BCUT2D eigenvalue weighted by molar-refractivity contribution is -0.324. The van der Waals surface area contributed by atoms with Gasteiger partial charge in [0.1, 0.15) is 17.8 Å². The van der Waals surface area contributed by atoms with Gasteiger partial charge >= 0.3 is 0 Å². The van der Waals surface area contributed by atoms with E-state index in [4.69, 9.17) is 23.7 Å². The summed E-state index contributed by atoms with van der Waals surface area (Å²) in [6, 6.07) is 0. The molecule has 4 aliphatic heterocycles. The number of ketones is 1. The van der Waals surface area contributed by atoms with Crippen LogP contribution in [0, 0.1) is 22.7 Å². The molecule has 2 saturated carbocycles. The molecule has 2 aliphatic carbocycles. The Morgan fingerprint density at radius 3 is 2.31 bits per heavy atom. The Morgan fingerprint density at radius 2 is 1.66 bits per heavy atom. The molecule has 0 spiro atoms. The first-order valence-electron chi connectivity index (χ1n) is 11.9. The molecule has 32 heavy (non-hydrogen) atoms. The van der Waals surface area contributed by atoms with Gasteiger partial charge in [0.2, 0.25) is 0 Å². The number of hydrogen-bond acceptors (Lipinski definition) is 8. The summed E-state index contributed by atoms with van der Waals surface area (Å²) in [4.78, 5) is 14.2. The Balaban J connectivity index is 1.56. The number of epoxide rings is 1. The molecule has 0 radical (unpaired) electrons. The van der Waals surface area contributed by atoms with E-state index in [1.165, 1.54) is 0 Å². The highest BCUT2D eigenvalue weighted by atomic mass is 16.7. The molecule has 11 atom stereocenters. The van der Waals surface area contributed by atoms with Crippen molar-refractivity contribution in [1.82, 2.24) is 0 Å². The van der Waals surface area contributed by atoms with E-state index >= 15 is 0 Å². The number of carbonyl (C=O) groups excluding carboxylic acids is 1. The number of Topliss-reactive ketones (excluding diaryl/α,β-unsaturated/α-hetero) is 1. The van der Waals surface area contributed by atoms with E-state index in [0.29, 0.717) is 13.0 Å². The van der Waals surface area contributed by atoms with E-state index in [0.717, 1.165) is 0 Å². The minimum absolute atomic E-state index is 0.0315. The minimum Gasteiger partial charge on any atom is -0.387 e. The summed E-state index contributed by atoms with van der Waals surface area (Å²) in [5.41, 5.74) is -6.37. The van der Waals surface area contributed by atoms with Crippen molar-refractivity contribution in [3.05, 3.63) is 0 Å². The van der Waals surface area contributed by atoms with Gasteiger partial charge in [-0.1, -0.05) is 20.8 Å². The first-order chi connectivity index (χ1) is 14.7. The lowest BCUT2D eigenvalue weighted by Gasteiger charge is -2.65. The van der Waals surface area contributed by atoms with Gasteiger partial charge in [-0.05, 0) is 33.6 Å². The molecule has 2 N–H and O–H groups in total. The fourth-order valence-electron chi connectivity index (χ4n) is 8.62. The van der Waals surface area contributed by atoms with E-state index in [-0.39, 0.29) is 36.6 Å². The summed E-state index contributed by atoms with van der Waals surface area (Å²) in [6.45, 7) is 11.6. The highest BCUT2D eigenvalue weighted by molar-refractivity contribution is 5.95. The molecule has 180 valence electrons. The number of fused-ring (bicyclic) bond motifs is 13. The van der Waals surface area contributed by atoms with Gasteiger partial charge < -0.3 is 33.9 Å². The van der Waals surface area contributed by atoms with Gasteiger partial charge in [0, 0.05) is 29.8 Å². The fraction of sp³-hybridized carbons (Fsp3) is 0.958. The van der Waals surface area contributed by atoms with Crippen LogP contribution in [0.2, 0.25) is 0 Å². The molecule has 6 fully saturated rings. The van der Waals surface area contributed by atoms with Crippen molar-refractivity contribution in [1.29, 1.82) is 0 Å². The second-order valence-corrected chi connectivity index (χ2v) is 12.4.